The molecule has 7 nitrogen and oxygen atoms in total. The summed E-state index contributed by atoms with van der Waals surface area (Å²) in [7, 11) is 1.35. The van der Waals surface area contributed by atoms with Crippen LogP contribution in [0.3, 0.4) is 0 Å². The first-order valence-corrected chi connectivity index (χ1v) is 13.3. The fraction of sp³-hybridized carbons (Fsp3) is 0.552. The SMILES string of the molecule is COC(=O)C1Cc2ccc3cc2CN1C(=O)[C@H](C1CCCCC1)NC(=O)CCC1C=CC(=CC1C)O3. The number of carbonyl (C=O) groups excluding carboxylic acids is 3. The first-order valence-electron chi connectivity index (χ1n) is 13.3. The summed E-state index contributed by atoms with van der Waals surface area (Å²) in [6.45, 7) is 2.42. The second kappa shape index (κ2) is 10.5. The van der Waals surface area contributed by atoms with Crippen LogP contribution in [0.25, 0.3) is 0 Å². The maximum atomic E-state index is 14.1. The summed E-state index contributed by atoms with van der Waals surface area (Å²) >= 11 is 0. The lowest BCUT2D eigenvalue weighted by Gasteiger charge is -2.40. The number of ether oxygens (including phenoxy) is 2. The van der Waals surface area contributed by atoms with E-state index in [1.165, 1.54) is 7.11 Å². The highest BCUT2D eigenvalue weighted by Crippen LogP contribution is 2.34. The number of rotatable bonds is 2. The molecule has 36 heavy (non-hydrogen) atoms. The largest absolute Gasteiger partial charge is 0.467 e. The molecule has 1 aromatic rings. The maximum Gasteiger partial charge on any atom is 0.328 e. The Balaban J connectivity index is 1.54. The van der Waals surface area contributed by atoms with Crippen LogP contribution < -0.4 is 10.1 Å². The fourth-order valence-electron chi connectivity index (χ4n) is 6.17. The van der Waals surface area contributed by atoms with E-state index in [0.717, 1.165) is 49.0 Å². The number of hydrogen-bond donors (Lipinski definition) is 1. The number of nitrogens with one attached hydrogen (secondary N) is 1. The van der Waals surface area contributed by atoms with Crippen molar-refractivity contribution in [1.82, 2.24) is 10.2 Å². The van der Waals surface area contributed by atoms with Gasteiger partial charge in [0.15, 0.2) is 0 Å². The predicted octanol–water partition coefficient (Wildman–Crippen LogP) is 4.06. The molecule has 0 radical (unpaired) electrons. The molecule has 5 aliphatic rings. The van der Waals surface area contributed by atoms with Crippen LogP contribution in [0.5, 0.6) is 5.75 Å². The molecule has 3 unspecified atom stereocenters. The van der Waals surface area contributed by atoms with Gasteiger partial charge in [-0.15, -0.1) is 0 Å². The van der Waals surface area contributed by atoms with Gasteiger partial charge in [0.2, 0.25) is 11.8 Å². The summed E-state index contributed by atoms with van der Waals surface area (Å²) in [5, 5.41) is 3.11. The molecule has 6 rings (SSSR count). The Kier molecular flexibility index (Phi) is 7.17. The van der Waals surface area contributed by atoms with Crippen molar-refractivity contribution in [1.29, 1.82) is 0 Å². The van der Waals surface area contributed by atoms with Gasteiger partial charge in [-0.3, -0.25) is 9.59 Å². The van der Waals surface area contributed by atoms with E-state index in [2.05, 4.69) is 24.4 Å². The van der Waals surface area contributed by atoms with E-state index in [9.17, 15) is 14.4 Å². The van der Waals surface area contributed by atoms with Crippen LogP contribution in [0.1, 0.15) is 63.0 Å². The third-order valence-electron chi connectivity index (χ3n) is 8.32. The topological polar surface area (TPSA) is 84.9 Å². The Morgan fingerprint density at radius 1 is 1.11 bits per heavy atom. The number of hydrogen-bond acceptors (Lipinski definition) is 5. The predicted molar refractivity (Wildman–Crippen MR) is 135 cm³/mol. The van der Waals surface area contributed by atoms with E-state index in [0.29, 0.717) is 25.0 Å². The van der Waals surface area contributed by atoms with Gasteiger partial charge < -0.3 is 19.7 Å². The molecule has 0 aromatic heterocycles. The van der Waals surface area contributed by atoms with Crippen LogP contribution in [-0.4, -0.2) is 41.9 Å². The molecule has 1 aromatic carbocycles. The average molecular weight is 493 g/mol. The highest BCUT2D eigenvalue weighted by Gasteiger charge is 2.41. The highest BCUT2D eigenvalue weighted by molar-refractivity contribution is 5.91. The van der Waals surface area contributed by atoms with Crippen LogP contribution in [-0.2, 0) is 32.1 Å². The first kappa shape index (κ1) is 24.6. The quantitative estimate of drug-likeness (QED) is 0.630. The van der Waals surface area contributed by atoms with Crippen LogP contribution in [0.4, 0.5) is 0 Å². The van der Waals surface area contributed by atoms with Crippen molar-refractivity contribution in [3.8, 4) is 5.75 Å². The maximum absolute atomic E-state index is 14.1. The van der Waals surface area contributed by atoms with E-state index in [-0.39, 0.29) is 36.1 Å². The van der Waals surface area contributed by atoms with E-state index in [1.807, 2.05) is 24.3 Å². The van der Waals surface area contributed by atoms with Gasteiger partial charge in [0, 0.05) is 19.4 Å². The van der Waals surface area contributed by atoms with E-state index < -0.39 is 18.1 Å². The zero-order valence-electron chi connectivity index (χ0n) is 21.2. The summed E-state index contributed by atoms with van der Waals surface area (Å²) in [6.07, 6.45) is 12.7. The number of fused-ring (bicyclic) bond motifs is 6. The lowest BCUT2D eigenvalue weighted by molar-refractivity contribution is -0.155. The molecule has 3 aliphatic heterocycles. The lowest BCUT2D eigenvalue weighted by atomic mass is 9.82. The minimum Gasteiger partial charge on any atom is -0.467 e. The second-order valence-electron chi connectivity index (χ2n) is 10.7. The van der Waals surface area contributed by atoms with Crippen molar-refractivity contribution in [2.75, 3.05) is 7.11 Å². The molecular formula is C29H36N2O5. The number of nitrogens with zero attached hydrogens (tertiary/aromatic N) is 1. The molecule has 1 fully saturated rings. The van der Waals surface area contributed by atoms with Gasteiger partial charge in [0.25, 0.3) is 0 Å². The molecule has 1 saturated carbocycles. The molecule has 2 amide bonds. The average Bonchev–Trinajstić information content (AvgIpc) is 2.89. The number of allylic oxidation sites excluding steroid dienone is 3. The second-order valence-corrected chi connectivity index (χ2v) is 10.7. The molecule has 1 N–H and O–H groups in total. The van der Waals surface area contributed by atoms with Crippen molar-refractivity contribution in [3.05, 3.63) is 53.3 Å². The van der Waals surface area contributed by atoms with Crippen molar-refractivity contribution >= 4 is 17.8 Å². The number of carbonyl (C=O) groups is 3. The summed E-state index contributed by atoms with van der Waals surface area (Å²) in [5.74, 6) is 1.32. The lowest BCUT2D eigenvalue weighted by Crippen LogP contribution is -2.58. The van der Waals surface area contributed by atoms with E-state index in [1.54, 1.807) is 4.90 Å². The minimum atomic E-state index is -0.717. The van der Waals surface area contributed by atoms with Crippen molar-refractivity contribution < 1.29 is 23.9 Å². The van der Waals surface area contributed by atoms with Crippen LogP contribution in [0.15, 0.2) is 42.2 Å². The molecule has 2 aliphatic carbocycles. The smallest absolute Gasteiger partial charge is 0.328 e. The number of amides is 2. The Morgan fingerprint density at radius 3 is 2.67 bits per heavy atom. The molecule has 0 saturated heterocycles. The third-order valence-corrected chi connectivity index (χ3v) is 8.32. The number of methoxy groups -OCH3 is 1. The van der Waals surface area contributed by atoms with Gasteiger partial charge in [0.1, 0.15) is 23.6 Å². The van der Waals surface area contributed by atoms with Crippen molar-refractivity contribution in [3.63, 3.8) is 0 Å². The zero-order chi connectivity index (χ0) is 25.2. The third kappa shape index (κ3) is 5.06. The van der Waals surface area contributed by atoms with Gasteiger partial charge in [-0.2, -0.15) is 0 Å². The van der Waals surface area contributed by atoms with Crippen molar-refractivity contribution in [2.45, 2.75) is 76.9 Å². The Morgan fingerprint density at radius 2 is 1.92 bits per heavy atom. The Labute approximate surface area is 212 Å². The van der Waals surface area contributed by atoms with E-state index in [4.69, 9.17) is 9.47 Å². The summed E-state index contributed by atoms with van der Waals surface area (Å²) in [5.41, 5.74) is 1.95. The molecule has 5 bridgehead atoms. The monoisotopic (exact) mass is 492 g/mol. The van der Waals surface area contributed by atoms with Gasteiger partial charge in [-0.25, -0.2) is 4.79 Å². The number of benzene rings is 1. The Hall–Kier alpha value is -3.09. The summed E-state index contributed by atoms with van der Waals surface area (Å²) < 4.78 is 11.3. The molecule has 7 heteroatoms. The van der Waals surface area contributed by atoms with Gasteiger partial charge >= 0.3 is 5.97 Å². The van der Waals surface area contributed by atoms with Crippen LogP contribution in [0.2, 0.25) is 0 Å². The standard InChI is InChI=1S/C29H36N2O5/c1-18-14-23-11-8-19(18)10-13-26(32)30-27(20-6-4-3-5-7-20)28(33)31-17-22-15-24(36-23)12-9-21(22)16-25(31)29(34)35-2/h8-9,11-12,14-15,18-20,25,27H,3-7,10,13,16-17H2,1-2H3,(H,30,32)/t18?,19?,25?,27-/m0/s1. The van der Waals surface area contributed by atoms with Gasteiger partial charge in [0.05, 0.1) is 7.11 Å². The van der Waals surface area contributed by atoms with Crippen LogP contribution in [0, 0.1) is 17.8 Å². The summed E-state index contributed by atoms with van der Waals surface area (Å²) in [6, 6.07) is 4.51. The highest BCUT2D eigenvalue weighted by atomic mass is 16.5. The van der Waals surface area contributed by atoms with Crippen molar-refractivity contribution in [2.24, 2.45) is 17.8 Å². The Bertz CT molecular complexity index is 1090. The van der Waals surface area contributed by atoms with Crippen LogP contribution >= 0.6 is 0 Å². The first-order chi connectivity index (χ1) is 17.4. The molecule has 0 spiro atoms. The van der Waals surface area contributed by atoms with Gasteiger partial charge in [-0.05, 0) is 72.4 Å². The number of esters is 1. The normalized spacial score (nSPS) is 28.9. The fourth-order valence-corrected chi connectivity index (χ4v) is 6.17. The molecule has 192 valence electrons. The minimum absolute atomic E-state index is 0.0717. The van der Waals surface area contributed by atoms with Gasteiger partial charge in [-0.1, -0.05) is 38.3 Å². The molecule has 3 heterocycles. The molecular weight excluding hydrogens is 456 g/mol. The zero-order valence-corrected chi connectivity index (χ0v) is 21.2. The molecule has 4 atom stereocenters. The van der Waals surface area contributed by atoms with E-state index >= 15 is 0 Å². The summed E-state index contributed by atoms with van der Waals surface area (Å²) in [4.78, 5) is 41.7.